The first kappa shape index (κ1) is 28.2. The van der Waals surface area contributed by atoms with E-state index in [-0.39, 0.29) is 15.8 Å². The normalized spacial score (nSPS) is 20.7. The van der Waals surface area contributed by atoms with Crippen molar-refractivity contribution in [2.75, 3.05) is 0 Å². The molecule has 2 aromatic rings. The van der Waals surface area contributed by atoms with Crippen LogP contribution in [0.25, 0.3) is 16.7 Å². The van der Waals surface area contributed by atoms with E-state index in [9.17, 15) is 26.7 Å². The maximum atomic E-state index is 15.2. The fraction of sp³-hybridized carbons (Fsp3) is 0.320. The number of alkyl halides is 9. The molecule has 1 N–H and O–H groups in total. The molecular formula is C25H17F9O2S2. The Labute approximate surface area is 218 Å². The average molecular weight is 585 g/mol. The lowest BCUT2D eigenvalue weighted by molar-refractivity contribution is -0.254. The largest absolute Gasteiger partial charge is 0.504 e. The van der Waals surface area contributed by atoms with Crippen molar-refractivity contribution >= 4 is 45.2 Å². The average Bonchev–Trinajstić information content (AvgIpc) is 3.41. The van der Waals surface area contributed by atoms with Crippen molar-refractivity contribution in [1.29, 1.82) is 0 Å². The highest BCUT2D eigenvalue weighted by atomic mass is 32.1. The van der Waals surface area contributed by atoms with E-state index < -0.39 is 62.6 Å². The summed E-state index contributed by atoms with van der Waals surface area (Å²) in [6, 6.07) is 1.71. The van der Waals surface area contributed by atoms with E-state index in [2.05, 4.69) is 0 Å². The second-order valence-corrected chi connectivity index (χ2v) is 11.2. The zero-order valence-corrected chi connectivity index (χ0v) is 21.1. The minimum atomic E-state index is -5.84. The summed E-state index contributed by atoms with van der Waals surface area (Å²) in [7, 11) is 0. The molecule has 0 saturated carbocycles. The zero-order chi connectivity index (χ0) is 28.4. The smallest absolute Gasteiger partial charge is 0.448 e. The number of allylic oxidation sites excluding steroid dienone is 8. The molecule has 0 unspecified atom stereocenters. The molecule has 13 heteroatoms. The number of aliphatic hydroxyl groups excluding tert-OH is 1. The third-order valence-electron chi connectivity index (χ3n) is 6.12. The monoisotopic (exact) mass is 584 g/mol. The number of thiophene rings is 2. The van der Waals surface area contributed by atoms with Gasteiger partial charge in [-0.2, -0.15) is 39.5 Å². The van der Waals surface area contributed by atoms with Gasteiger partial charge in [-0.1, -0.05) is 18.2 Å². The van der Waals surface area contributed by atoms with Gasteiger partial charge in [0.25, 0.3) is 0 Å². The second-order valence-electron chi connectivity index (χ2n) is 8.66. The van der Waals surface area contributed by atoms with Crippen LogP contribution in [0.2, 0.25) is 0 Å². The molecule has 0 bridgehead atoms. The first-order valence-corrected chi connectivity index (χ1v) is 12.5. The molecule has 0 aliphatic heterocycles. The van der Waals surface area contributed by atoms with Crippen LogP contribution < -0.4 is 0 Å². The van der Waals surface area contributed by atoms with E-state index in [4.69, 9.17) is 5.11 Å². The van der Waals surface area contributed by atoms with Crippen LogP contribution in [0.4, 0.5) is 39.5 Å². The van der Waals surface area contributed by atoms with Gasteiger partial charge in [-0.3, -0.25) is 4.79 Å². The molecular weight excluding hydrogens is 567 g/mol. The molecule has 2 aromatic heterocycles. The summed E-state index contributed by atoms with van der Waals surface area (Å²) in [5.74, 6) is -20.3. The van der Waals surface area contributed by atoms with Gasteiger partial charge in [0.1, 0.15) is 0 Å². The molecule has 0 atom stereocenters. The first-order valence-electron chi connectivity index (χ1n) is 10.9. The van der Waals surface area contributed by atoms with Crippen LogP contribution in [0.3, 0.4) is 0 Å². The van der Waals surface area contributed by atoms with Crippen LogP contribution in [0.1, 0.15) is 48.3 Å². The Hall–Kier alpha value is -2.80. The molecule has 2 heterocycles. The Morgan fingerprint density at radius 2 is 1.47 bits per heavy atom. The number of aryl methyl sites for hydroxylation is 2. The highest BCUT2D eigenvalue weighted by Crippen LogP contribution is 2.66. The number of carbonyl (C=O) groups is 1. The van der Waals surface area contributed by atoms with Gasteiger partial charge in [0.2, 0.25) is 5.76 Å². The van der Waals surface area contributed by atoms with Gasteiger partial charge in [0, 0.05) is 31.9 Å². The summed E-state index contributed by atoms with van der Waals surface area (Å²) in [6.07, 6.45) is 1.21. The van der Waals surface area contributed by atoms with Crippen LogP contribution in [0, 0.1) is 13.8 Å². The fourth-order valence-corrected chi connectivity index (χ4v) is 6.21. The van der Waals surface area contributed by atoms with E-state index in [1.165, 1.54) is 6.92 Å². The van der Waals surface area contributed by atoms with Crippen LogP contribution in [-0.2, 0) is 0 Å². The number of rotatable bonds is 5. The molecule has 0 fully saturated rings. The predicted octanol–water partition coefficient (Wildman–Crippen LogP) is 9.18. The van der Waals surface area contributed by atoms with Gasteiger partial charge in [-0.25, -0.2) is 0 Å². The molecule has 0 radical (unpaired) electrons. The Morgan fingerprint density at radius 1 is 0.921 bits per heavy atom. The van der Waals surface area contributed by atoms with Crippen molar-refractivity contribution in [3.63, 3.8) is 0 Å². The molecule has 0 amide bonds. The number of carbonyl (C=O) groups excluding carboxylic acids is 1. The predicted molar refractivity (Wildman–Crippen MR) is 127 cm³/mol. The van der Waals surface area contributed by atoms with Crippen molar-refractivity contribution in [3.8, 4) is 0 Å². The number of ketones is 1. The Balaban J connectivity index is 1.95. The molecule has 2 nitrogen and oxygen atoms in total. The van der Waals surface area contributed by atoms with Gasteiger partial charge in [-0.15, -0.1) is 22.7 Å². The minimum absolute atomic E-state index is 0.0720. The summed E-state index contributed by atoms with van der Waals surface area (Å²) in [6.45, 7) is 2.41. The topological polar surface area (TPSA) is 37.3 Å². The van der Waals surface area contributed by atoms with Crippen LogP contribution in [-0.4, -0.2) is 34.8 Å². The number of aliphatic hydroxyl groups is 1. The molecule has 2 aliphatic rings. The van der Waals surface area contributed by atoms with Crippen molar-refractivity contribution in [2.24, 2.45) is 0 Å². The molecule has 0 aromatic carbocycles. The van der Waals surface area contributed by atoms with Crippen molar-refractivity contribution in [3.05, 3.63) is 72.8 Å². The van der Waals surface area contributed by atoms with Crippen LogP contribution in [0.5, 0.6) is 0 Å². The summed E-state index contributed by atoms with van der Waals surface area (Å²) in [4.78, 5) is 11.8. The SMILES string of the molecule is Cc1sc(C(=O)/C=C(\O)C(F)(F)F)cc1C1=C(c2cc(C3=CCCC=C3)sc2C)C(F)(F)C(F)(F)C1(F)F. The summed E-state index contributed by atoms with van der Waals surface area (Å²) < 4.78 is 128. The lowest BCUT2D eigenvalue weighted by atomic mass is 9.94. The van der Waals surface area contributed by atoms with Crippen molar-refractivity contribution in [2.45, 2.75) is 50.6 Å². The highest BCUT2D eigenvalue weighted by molar-refractivity contribution is 7.14. The third kappa shape index (κ3) is 4.33. The highest BCUT2D eigenvalue weighted by Gasteiger charge is 2.80. The first-order chi connectivity index (χ1) is 17.4. The van der Waals surface area contributed by atoms with Crippen LogP contribution in [0.15, 0.2) is 42.2 Å². The second kappa shape index (κ2) is 9.15. The summed E-state index contributed by atoms with van der Waals surface area (Å²) in [5, 5.41) is 9.04. The molecule has 204 valence electrons. The summed E-state index contributed by atoms with van der Waals surface area (Å²) >= 11 is 1.31. The van der Waals surface area contributed by atoms with Gasteiger partial charge in [0.05, 0.1) is 4.88 Å². The Bertz CT molecular complexity index is 1430. The van der Waals surface area contributed by atoms with E-state index in [1.54, 1.807) is 12.2 Å². The van der Waals surface area contributed by atoms with E-state index >= 15 is 17.6 Å². The van der Waals surface area contributed by atoms with E-state index in [0.29, 0.717) is 34.3 Å². The van der Waals surface area contributed by atoms with E-state index in [0.717, 1.165) is 30.7 Å². The quantitative estimate of drug-likeness (QED) is 0.165. The van der Waals surface area contributed by atoms with Crippen molar-refractivity contribution < 1.29 is 49.4 Å². The summed E-state index contributed by atoms with van der Waals surface area (Å²) in [5.41, 5.74) is -4.03. The van der Waals surface area contributed by atoms with Crippen LogP contribution >= 0.6 is 22.7 Å². The van der Waals surface area contributed by atoms with Gasteiger partial charge in [0.15, 0.2) is 5.78 Å². The van der Waals surface area contributed by atoms with Gasteiger partial charge >= 0.3 is 23.9 Å². The number of hydrogen-bond donors (Lipinski definition) is 1. The van der Waals surface area contributed by atoms with E-state index in [1.807, 2.05) is 6.08 Å². The number of hydrogen-bond acceptors (Lipinski definition) is 4. The minimum Gasteiger partial charge on any atom is -0.504 e. The molecule has 4 rings (SSSR count). The molecule has 2 aliphatic carbocycles. The lowest BCUT2D eigenvalue weighted by Crippen LogP contribution is -2.48. The zero-order valence-electron chi connectivity index (χ0n) is 19.5. The maximum Gasteiger partial charge on any atom is 0.448 e. The Morgan fingerprint density at radius 3 is 2.00 bits per heavy atom. The number of halogens is 9. The fourth-order valence-electron chi connectivity index (χ4n) is 4.23. The molecule has 38 heavy (non-hydrogen) atoms. The Kier molecular flexibility index (Phi) is 6.79. The molecule has 0 spiro atoms. The maximum absolute atomic E-state index is 15.2. The standard InChI is InChI=1S/C25H17F9O2S2/c1-11-14(8-17(37-11)13-6-4-3-5-7-13)20-21(23(28,29)25(33,34)22(20,26)27)15-9-18(38-12(15)2)16(35)10-19(36)24(30,31)32/h4,6-10,36H,3,5H2,1-2H3/b19-10-. The lowest BCUT2D eigenvalue weighted by Gasteiger charge is -2.25. The van der Waals surface area contributed by atoms with Gasteiger partial charge in [-0.05, 0) is 55.5 Å². The van der Waals surface area contributed by atoms with Crippen molar-refractivity contribution in [1.82, 2.24) is 0 Å². The molecule has 0 saturated heterocycles. The third-order valence-corrected chi connectivity index (χ3v) is 8.29. The van der Waals surface area contributed by atoms with Gasteiger partial charge < -0.3 is 5.11 Å².